The van der Waals surface area contributed by atoms with E-state index in [-0.39, 0.29) is 24.5 Å². The zero-order valence-corrected chi connectivity index (χ0v) is 20.0. The van der Waals surface area contributed by atoms with E-state index >= 15 is 0 Å². The van der Waals surface area contributed by atoms with Crippen LogP contribution in [0.15, 0.2) is 36.4 Å². The number of hydrogen-bond donors (Lipinski definition) is 4. The predicted octanol–water partition coefficient (Wildman–Crippen LogP) is 3.42. The van der Waals surface area contributed by atoms with Crippen molar-refractivity contribution in [3.05, 3.63) is 59.4 Å². The smallest absolute Gasteiger partial charge is 0.419 e. The minimum atomic E-state index is -4.91. The number of rotatable bonds is 9. The molecule has 2 aromatic rings. The van der Waals surface area contributed by atoms with Crippen molar-refractivity contribution in [2.45, 2.75) is 61.7 Å². The first-order valence-corrected chi connectivity index (χ1v) is 11.8. The normalized spacial score (nSPS) is 25.6. The van der Waals surface area contributed by atoms with Gasteiger partial charge in [-0.15, -0.1) is 0 Å². The van der Waals surface area contributed by atoms with Gasteiger partial charge in [0, 0.05) is 17.1 Å². The van der Waals surface area contributed by atoms with E-state index in [1.807, 2.05) is 0 Å². The molecule has 0 aromatic heterocycles. The van der Waals surface area contributed by atoms with Crippen molar-refractivity contribution >= 4 is 5.91 Å². The molecule has 3 saturated carbocycles. The number of hydrogen-bond acceptors (Lipinski definition) is 6. The van der Waals surface area contributed by atoms with Gasteiger partial charge in [-0.05, 0) is 62.4 Å². The molecule has 0 radical (unpaired) electrons. The average Bonchev–Trinajstić information content (AvgIpc) is 2.84. The second kappa shape index (κ2) is 10.6. The first-order chi connectivity index (χ1) is 17.8. The molecule has 3 fully saturated rings. The highest BCUT2D eigenvalue weighted by Crippen LogP contribution is 2.47. The molecule has 0 aliphatic heterocycles. The van der Waals surface area contributed by atoms with E-state index in [4.69, 9.17) is 9.47 Å². The Morgan fingerprint density at radius 1 is 0.974 bits per heavy atom. The summed E-state index contributed by atoms with van der Waals surface area (Å²) in [7, 11) is 0. The zero-order chi connectivity index (χ0) is 27.7. The lowest BCUT2D eigenvalue weighted by molar-refractivity contribution is -0.140. The fourth-order valence-electron chi connectivity index (χ4n) is 5.10. The Balaban J connectivity index is 1.28. The molecule has 1 unspecified atom stereocenters. The van der Waals surface area contributed by atoms with Crippen molar-refractivity contribution in [1.29, 1.82) is 0 Å². The number of ether oxygens (including phenoxy) is 2. The number of benzene rings is 2. The number of carbonyl (C=O) groups is 1. The Morgan fingerprint density at radius 2 is 1.61 bits per heavy atom. The van der Waals surface area contributed by atoms with Crippen molar-refractivity contribution in [2.75, 3.05) is 13.2 Å². The maximum Gasteiger partial charge on any atom is 0.419 e. The first-order valence-electron chi connectivity index (χ1n) is 11.8. The second-order valence-corrected chi connectivity index (χ2v) is 9.68. The Kier molecular flexibility index (Phi) is 7.82. The van der Waals surface area contributed by atoms with E-state index in [9.17, 15) is 41.4 Å². The highest BCUT2D eigenvalue weighted by molar-refractivity contribution is 5.78. The molecule has 1 amide bonds. The summed E-state index contributed by atoms with van der Waals surface area (Å²) in [6, 6.07) is 5.04. The average molecular weight is 548 g/mol. The molecule has 3 aliphatic rings. The highest BCUT2D eigenvalue weighted by Gasteiger charge is 2.55. The molecular weight excluding hydrogens is 522 g/mol. The van der Waals surface area contributed by atoms with Gasteiger partial charge in [0.15, 0.2) is 18.2 Å². The van der Waals surface area contributed by atoms with Crippen molar-refractivity contribution in [2.24, 2.45) is 0 Å². The molecule has 208 valence electrons. The Bertz CT molecular complexity index is 1170. The van der Waals surface area contributed by atoms with Gasteiger partial charge in [-0.1, -0.05) is 0 Å². The quantitative estimate of drug-likeness (QED) is 0.283. The molecule has 5 rings (SSSR count). The Labute approximate surface area is 213 Å². The van der Waals surface area contributed by atoms with Crippen LogP contribution in [-0.2, 0) is 11.0 Å². The van der Waals surface area contributed by atoms with Crippen LogP contribution in [0.2, 0.25) is 0 Å². The Morgan fingerprint density at radius 3 is 2.21 bits per heavy atom. The summed E-state index contributed by atoms with van der Waals surface area (Å²) in [4.78, 5) is 12.5. The molecule has 2 bridgehead atoms. The van der Waals surface area contributed by atoms with Crippen LogP contribution in [0.5, 0.6) is 11.5 Å². The molecule has 7 nitrogen and oxygen atoms in total. The molecule has 4 N–H and O–H groups in total. The standard InChI is InChI=1S/C25H26F6N2O5/c26-17-3-1-14(9-16(17)25(29,30)31)37-12-21(35)32-23-5-7-24(8-6-23,20(34)11-23)33-22(36)13-38-15-2-4-18(27)19(28)10-15/h1-4,9-10,20,22,33-34,36H,5-8,11-13H2,(H,32,35)/t20-,22?,23?,24?/m0/s1. The zero-order valence-electron chi connectivity index (χ0n) is 20.0. The van der Waals surface area contributed by atoms with Crippen LogP contribution in [0.1, 0.15) is 37.7 Å². The number of aliphatic hydroxyl groups excluding tert-OH is 2. The highest BCUT2D eigenvalue weighted by atomic mass is 19.4. The van der Waals surface area contributed by atoms with Crippen molar-refractivity contribution in [3.8, 4) is 11.5 Å². The van der Waals surface area contributed by atoms with Crippen LogP contribution < -0.4 is 20.1 Å². The first kappa shape index (κ1) is 28.0. The number of carbonyl (C=O) groups excluding carboxylic acids is 1. The van der Waals surface area contributed by atoms with E-state index in [0.29, 0.717) is 37.8 Å². The third-order valence-electron chi connectivity index (χ3n) is 7.09. The maximum atomic E-state index is 13.4. The maximum absolute atomic E-state index is 13.4. The van der Waals surface area contributed by atoms with Gasteiger partial charge < -0.3 is 25.0 Å². The fraction of sp³-hybridized carbons (Fsp3) is 0.480. The van der Waals surface area contributed by atoms with Gasteiger partial charge in [-0.3, -0.25) is 10.1 Å². The van der Waals surface area contributed by atoms with Crippen LogP contribution in [-0.4, -0.2) is 52.7 Å². The summed E-state index contributed by atoms with van der Waals surface area (Å²) in [5.41, 5.74) is -3.13. The lowest BCUT2D eigenvalue weighted by Crippen LogP contribution is -2.71. The summed E-state index contributed by atoms with van der Waals surface area (Å²) in [5, 5.41) is 27.0. The summed E-state index contributed by atoms with van der Waals surface area (Å²) in [5.74, 6) is -4.49. The third-order valence-corrected chi connectivity index (χ3v) is 7.09. The minimum absolute atomic E-state index is 0.0225. The van der Waals surface area contributed by atoms with Gasteiger partial charge in [-0.2, -0.15) is 13.2 Å². The van der Waals surface area contributed by atoms with Crippen molar-refractivity contribution in [3.63, 3.8) is 0 Å². The molecule has 0 spiro atoms. The second-order valence-electron chi connectivity index (χ2n) is 9.68. The van der Waals surface area contributed by atoms with E-state index < -0.39 is 65.1 Å². The van der Waals surface area contributed by atoms with Crippen LogP contribution in [0.4, 0.5) is 26.3 Å². The molecule has 13 heteroatoms. The van der Waals surface area contributed by atoms with Gasteiger partial charge in [0.2, 0.25) is 0 Å². The number of amides is 1. The van der Waals surface area contributed by atoms with Crippen LogP contribution in [0.3, 0.4) is 0 Å². The predicted molar refractivity (Wildman–Crippen MR) is 121 cm³/mol. The van der Waals surface area contributed by atoms with Crippen molar-refractivity contribution < 1.29 is 50.8 Å². The SMILES string of the molecule is O=C(COc1ccc(F)c(C(F)(F)F)c1)NC12CCC(NC(O)COc3ccc(F)c(F)c3)(CC1)[C@@H](O)C2. The third kappa shape index (κ3) is 6.16. The number of halogens is 6. The largest absolute Gasteiger partial charge is 0.489 e. The van der Waals surface area contributed by atoms with Gasteiger partial charge >= 0.3 is 6.18 Å². The van der Waals surface area contributed by atoms with Gasteiger partial charge in [0.05, 0.1) is 11.7 Å². The van der Waals surface area contributed by atoms with Crippen LogP contribution in [0, 0.1) is 17.5 Å². The molecule has 0 heterocycles. The van der Waals surface area contributed by atoms with Crippen LogP contribution in [0.25, 0.3) is 0 Å². The lowest BCUT2D eigenvalue weighted by atomic mass is 9.60. The number of fused-ring (bicyclic) bond motifs is 3. The summed E-state index contributed by atoms with van der Waals surface area (Å²) < 4.78 is 88.9. The van der Waals surface area contributed by atoms with Crippen molar-refractivity contribution in [1.82, 2.24) is 10.6 Å². The lowest BCUT2D eigenvalue weighted by Gasteiger charge is -2.57. The molecule has 38 heavy (non-hydrogen) atoms. The molecule has 3 aliphatic carbocycles. The fourth-order valence-corrected chi connectivity index (χ4v) is 5.10. The number of alkyl halides is 3. The molecular formula is C25H26F6N2O5. The van der Waals surface area contributed by atoms with E-state index in [0.717, 1.165) is 18.2 Å². The molecule has 2 atom stereocenters. The van der Waals surface area contributed by atoms with Gasteiger partial charge in [0.1, 0.15) is 30.2 Å². The molecule has 2 aromatic carbocycles. The minimum Gasteiger partial charge on any atom is -0.489 e. The van der Waals surface area contributed by atoms with E-state index in [1.54, 1.807) is 0 Å². The van der Waals surface area contributed by atoms with Gasteiger partial charge in [-0.25, -0.2) is 13.2 Å². The molecule has 0 saturated heterocycles. The van der Waals surface area contributed by atoms with E-state index in [2.05, 4.69) is 10.6 Å². The topological polar surface area (TPSA) is 100 Å². The monoisotopic (exact) mass is 548 g/mol. The Hall–Kier alpha value is -3.03. The van der Waals surface area contributed by atoms with Gasteiger partial charge in [0.25, 0.3) is 5.91 Å². The number of aliphatic hydroxyl groups is 2. The number of nitrogens with one attached hydrogen (secondary N) is 2. The summed E-state index contributed by atoms with van der Waals surface area (Å²) >= 11 is 0. The van der Waals surface area contributed by atoms with Crippen LogP contribution >= 0.6 is 0 Å². The summed E-state index contributed by atoms with van der Waals surface area (Å²) in [6.07, 6.45) is -5.32. The van der Waals surface area contributed by atoms with E-state index in [1.165, 1.54) is 6.07 Å². The summed E-state index contributed by atoms with van der Waals surface area (Å²) in [6.45, 7) is -0.900.